The maximum absolute atomic E-state index is 10.4. The molecule has 4 N–H and O–H groups in total. The number of urea groups is 1. The standard InChI is InChI=1S/C9H12N2O2/c10-9(13)11-5-7-1-3-8(6-12)4-2-7/h1-4,12H,5-6H2,(H3,10,11,13). The Kier molecular flexibility index (Phi) is 3.28. The zero-order chi connectivity index (χ0) is 9.68. The minimum absolute atomic E-state index is 0.0313. The quantitative estimate of drug-likeness (QED) is 0.627. The average Bonchev–Trinajstić information content (AvgIpc) is 2.15. The van der Waals surface area contributed by atoms with Crippen molar-refractivity contribution in [3.63, 3.8) is 0 Å². The molecule has 4 heteroatoms. The highest BCUT2D eigenvalue weighted by molar-refractivity contribution is 5.71. The Morgan fingerprint density at radius 2 is 1.85 bits per heavy atom. The number of rotatable bonds is 3. The third-order valence-corrected chi connectivity index (χ3v) is 1.67. The normalized spacial score (nSPS) is 9.62. The highest BCUT2D eigenvalue weighted by Gasteiger charge is 1.95. The number of nitrogens with one attached hydrogen (secondary N) is 1. The van der Waals surface area contributed by atoms with Crippen LogP contribution in [0.15, 0.2) is 24.3 Å². The average molecular weight is 180 g/mol. The van der Waals surface area contributed by atoms with Crippen molar-refractivity contribution in [3.8, 4) is 0 Å². The van der Waals surface area contributed by atoms with Crippen LogP contribution in [-0.2, 0) is 13.2 Å². The largest absolute Gasteiger partial charge is 0.392 e. The number of carbonyl (C=O) groups excluding carboxylic acids is 1. The van der Waals surface area contributed by atoms with E-state index in [9.17, 15) is 4.79 Å². The van der Waals surface area contributed by atoms with Crippen molar-refractivity contribution in [3.05, 3.63) is 35.4 Å². The van der Waals surface area contributed by atoms with E-state index in [1.54, 1.807) is 12.1 Å². The van der Waals surface area contributed by atoms with Gasteiger partial charge in [0.05, 0.1) is 6.61 Å². The van der Waals surface area contributed by atoms with E-state index in [0.717, 1.165) is 11.1 Å². The first-order chi connectivity index (χ1) is 6.22. The van der Waals surface area contributed by atoms with Crippen molar-refractivity contribution in [2.24, 2.45) is 5.73 Å². The summed E-state index contributed by atoms with van der Waals surface area (Å²) in [6, 6.07) is 6.74. The molecule has 0 unspecified atom stereocenters. The van der Waals surface area contributed by atoms with Gasteiger partial charge in [-0.3, -0.25) is 0 Å². The molecule has 0 spiro atoms. The Morgan fingerprint density at radius 1 is 1.31 bits per heavy atom. The molecule has 4 nitrogen and oxygen atoms in total. The van der Waals surface area contributed by atoms with Crippen LogP contribution in [0, 0.1) is 0 Å². The summed E-state index contributed by atoms with van der Waals surface area (Å²) in [6.07, 6.45) is 0. The predicted octanol–water partition coefficient (Wildman–Crippen LogP) is 0.347. The van der Waals surface area contributed by atoms with E-state index in [1.165, 1.54) is 0 Å². The molecular weight excluding hydrogens is 168 g/mol. The molecule has 0 saturated carbocycles. The summed E-state index contributed by atoms with van der Waals surface area (Å²) in [5.41, 5.74) is 6.71. The maximum Gasteiger partial charge on any atom is 0.312 e. The fourth-order valence-electron chi connectivity index (χ4n) is 0.952. The minimum atomic E-state index is -0.536. The summed E-state index contributed by atoms with van der Waals surface area (Å²) in [5, 5.41) is 11.2. The number of carbonyl (C=O) groups is 1. The lowest BCUT2D eigenvalue weighted by Gasteiger charge is -2.02. The summed E-state index contributed by atoms with van der Waals surface area (Å²) in [7, 11) is 0. The van der Waals surface area contributed by atoms with Gasteiger partial charge in [-0.05, 0) is 11.1 Å². The molecule has 0 heterocycles. The lowest BCUT2D eigenvalue weighted by molar-refractivity contribution is 0.248. The van der Waals surface area contributed by atoms with Gasteiger partial charge in [-0.2, -0.15) is 0 Å². The molecule has 0 aliphatic carbocycles. The zero-order valence-corrected chi connectivity index (χ0v) is 7.16. The Balaban J connectivity index is 2.54. The first-order valence-electron chi connectivity index (χ1n) is 3.94. The summed E-state index contributed by atoms with van der Waals surface area (Å²) >= 11 is 0. The number of primary amides is 1. The van der Waals surface area contributed by atoms with Gasteiger partial charge in [0.1, 0.15) is 0 Å². The number of amides is 2. The molecule has 0 radical (unpaired) electrons. The fraction of sp³-hybridized carbons (Fsp3) is 0.222. The first kappa shape index (κ1) is 9.54. The Hall–Kier alpha value is -1.55. The van der Waals surface area contributed by atoms with Gasteiger partial charge in [0.15, 0.2) is 0 Å². The lowest BCUT2D eigenvalue weighted by Crippen LogP contribution is -2.28. The molecule has 0 aliphatic heterocycles. The van der Waals surface area contributed by atoms with Crippen LogP contribution >= 0.6 is 0 Å². The van der Waals surface area contributed by atoms with Gasteiger partial charge >= 0.3 is 6.03 Å². The van der Waals surface area contributed by atoms with Crippen molar-refractivity contribution in [1.29, 1.82) is 0 Å². The highest BCUT2D eigenvalue weighted by Crippen LogP contribution is 2.03. The van der Waals surface area contributed by atoms with Gasteiger partial charge in [0.25, 0.3) is 0 Å². The van der Waals surface area contributed by atoms with E-state index < -0.39 is 6.03 Å². The molecule has 13 heavy (non-hydrogen) atoms. The molecule has 0 atom stereocenters. The molecule has 1 aromatic carbocycles. The molecule has 0 bridgehead atoms. The third-order valence-electron chi connectivity index (χ3n) is 1.67. The van der Waals surface area contributed by atoms with Gasteiger partial charge in [0, 0.05) is 6.54 Å². The number of hydrogen-bond acceptors (Lipinski definition) is 2. The van der Waals surface area contributed by atoms with Crippen LogP contribution < -0.4 is 11.1 Å². The Bertz CT molecular complexity index is 282. The van der Waals surface area contributed by atoms with Crippen molar-refractivity contribution < 1.29 is 9.90 Å². The number of aliphatic hydroxyl groups excluding tert-OH is 1. The molecular formula is C9H12N2O2. The third kappa shape index (κ3) is 3.13. The predicted molar refractivity (Wildman–Crippen MR) is 48.8 cm³/mol. The molecule has 1 rings (SSSR count). The summed E-state index contributed by atoms with van der Waals surface area (Å²) in [6.45, 7) is 0.449. The van der Waals surface area contributed by atoms with Crippen molar-refractivity contribution in [2.75, 3.05) is 0 Å². The second-order valence-electron chi connectivity index (χ2n) is 2.69. The van der Waals surface area contributed by atoms with E-state index in [0.29, 0.717) is 6.54 Å². The molecule has 1 aromatic rings. The zero-order valence-electron chi connectivity index (χ0n) is 7.16. The second kappa shape index (κ2) is 4.47. The molecule has 0 aliphatic rings. The van der Waals surface area contributed by atoms with Crippen molar-refractivity contribution >= 4 is 6.03 Å². The fourth-order valence-corrected chi connectivity index (χ4v) is 0.952. The van der Waals surface area contributed by atoms with Crippen molar-refractivity contribution in [1.82, 2.24) is 5.32 Å². The van der Waals surface area contributed by atoms with E-state index in [2.05, 4.69) is 5.32 Å². The van der Waals surface area contributed by atoms with E-state index >= 15 is 0 Å². The van der Waals surface area contributed by atoms with E-state index in [4.69, 9.17) is 10.8 Å². The van der Waals surface area contributed by atoms with Crippen LogP contribution in [0.1, 0.15) is 11.1 Å². The topological polar surface area (TPSA) is 75.4 Å². The molecule has 0 aromatic heterocycles. The minimum Gasteiger partial charge on any atom is -0.392 e. The maximum atomic E-state index is 10.4. The first-order valence-corrected chi connectivity index (χ1v) is 3.94. The van der Waals surface area contributed by atoms with Crippen LogP contribution in [0.4, 0.5) is 4.79 Å². The number of benzene rings is 1. The van der Waals surface area contributed by atoms with Gasteiger partial charge in [-0.15, -0.1) is 0 Å². The summed E-state index contributed by atoms with van der Waals surface area (Å²) in [5.74, 6) is 0. The number of nitrogens with two attached hydrogens (primary N) is 1. The molecule has 70 valence electrons. The SMILES string of the molecule is NC(=O)NCc1ccc(CO)cc1. The smallest absolute Gasteiger partial charge is 0.312 e. The van der Waals surface area contributed by atoms with E-state index in [-0.39, 0.29) is 6.61 Å². The van der Waals surface area contributed by atoms with Crippen LogP contribution in [0.25, 0.3) is 0 Å². The molecule has 0 fully saturated rings. The number of hydrogen-bond donors (Lipinski definition) is 3. The van der Waals surface area contributed by atoms with Crippen LogP contribution in [-0.4, -0.2) is 11.1 Å². The van der Waals surface area contributed by atoms with Gasteiger partial charge in [0.2, 0.25) is 0 Å². The second-order valence-corrected chi connectivity index (χ2v) is 2.69. The van der Waals surface area contributed by atoms with Gasteiger partial charge in [-0.1, -0.05) is 24.3 Å². The van der Waals surface area contributed by atoms with Crippen LogP contribution in [0.5, 0.6) is 0 Å². The van der Waals surface area contributed by atoms with Gasteiger partial charge < -0.3 is 16.2 Å². The Labute approximate surface area is 76.4 Å². The number of aliphatic hydroxyl groups is 1. The summed E-state index contributed by atoms with van der Waals surface area (Å²) in [4.78, 5) is 10.4. The monoisotopic (exact) mass is 180 g/mol. The lowest BCUT2D eigenvalue weighted by atomic mass is 10.1. The van der Waals surface area contributed by atoms with Gasteiger partial charge in [-0.25, -0.2) is 4.79 Å². The highest BCUT2D eigenvalue weighted by atomic mass is 16.3. The van der Waals surface area contributed by atoms with E-state index in [1.807, 2.05) is 12.1 Å². The van der Waals surface area contributed by atoms with Crippen molar-refractivity contribution in [2.45, 2.75) is 13.2 Å². The summed E-state index contributed by atoms with van der Waals surface area (Å²) < 4.78 is 0. The van der Waals surface area contributed by atoms with Crippen LogP contribution in [0.2, 0.25) is 0 Å². The molecule has 0 saturated heterocycles. The molecule has 2 amide bonds. The Morgan fingerprint density at radius 3 is 2.31 bits per heavy atom. The van der Waals surface area contributed by atoms with Crippen LogP contribution in [0.3, 0.4) is 0 Å².